The Labute approximate surface area is 128 Å². The van der Waals surface area contributed by atoms with E-state index in [9.17, 15) is 4.79 Å². The Morgan fingerprint density at radius 2 is 1.86 bits per heavy atom. The van der Waals surface area contributed by atoms with Gasteiger partial charge < -0.3 is 4.74 Å². The van der Waals surface area contributed by atoms with E-state index in [2.05, 4.69) is 15.5 Å². The Kier molecular flexibility index (Phi) is 4.90. The van der Waals surface area contributed by atoms with Crippen molar-refractivity contribution in [3.05, 3.63) is 34.8 Å². The molecule has 0 radical (unpaired) electrons. The summed E-state index contributed by atoms with van der Waals surface area (Å²) in [5.41, 5.74) is 1.15. The molecule has 5 nitrogen and oxygen atoms in total. The molecule has 0 saturated heterocycles. The van der Waals surface area contributed by atoms with Gasteiger partial charge in [0.1, 0.15) is 10.8 Å². The van der Waals surface area contributed by atoms with Gasteiger partial charge in [0.15, 0.2) is 6.10 Å². The maximum atomic E-state index is 12.1. The second-order valence-corrected chi connectivity index (χ2v) is 6.17. The zero-order valence-corrected chi connectivity index (χ0v) is 13.4. The smallest absolute Gasteiger partial charge is 0.266 e. The van der Waals surface area contributed by atoms with Crippen molar-refractivity contribution >= 4 is 22.4 Å². The van der Waals surface area contributed by atoms with Crippen molar-refractivity contribution in [2.24, 2.45) is 0 Å². The van der Waals surface area contributed by atoms with Gasteiger partial charge in [0.2, 0.25) is 5.13 Å². The minimum Gasteiger partial charge on any atom is -0.481 e. The minimum absolute atomic E-state index is 0.234. The fraction of sp³-hybridized carbons (Fsp3) is 0.400. The summed E-state index contributed by atoms with van der Waals surface area (Å²) < 4.78 is 5.60. The van der Waals surface area contributed by atoms with Gasteiger partial charge >= 0.3 is 0 Å². The van der Waals surface area contributed by atoms with Gasteiger partial charge in [-0.05, 0) is 26.0 Å². The average molecular weight is 305 g/mol. The van der Waals surface area contributed by atoms with Crippen molar-refractivity contribution in [1.29, 1.82) is 0 Å². The molecule has 2 aromatic rings. The van der Waals surface area contributed by atoms with Crippen molar-refractivity contribution in [3.63, 3.8) is 0 Å². The van der Waals surface area contributed by atoms with Gasteiger partial charge in [0.25, 0.3) is 5.91 Å². The minimum atomic E-state index is -0.598. The Bertz CT molecular complexity index is 608. The van der Waals surface area contributed by atoms with E-state index in [0.29, 0.717) is 16.8 Å². The second-order valence-electron chi connectivity index (χ2n) is 5.16. The quantitative estimate of drug-likeness (QED) is 0.920. The zero-order chi connectivity index (χ0) is 15.4. The number of rotatable bonds is 5. The van der Waals surface area contributed by atoms with Gasteiger partial charge in [-0.2, -0.15) is 0 Å². The summed E-state index contributed by atoms with van der Waals surface area (Å²) in [4.78, 5) is 12.1. The monoisotopic (exact) mass is 305 g/mol. The van der Waals surface area contributed by atoms with Crippen LogP contribution in [-0.4, -0.2) is 22.2 Å². The Hall–Kier alpha value is -1.95. The molecule has 1 atom stereocenters. The van der Waals surface area contributed by atoms with Crippen LogP contribution in [0.15, 0.2) is 24.3 Å². The number of hydrogen-bond donors (Lipinski definition) is 1. The molecule has 6 heteroatoms. The van der Waals surface area contributed by atoms with E-state index < -0.39 is 6.10 Å². The number of ether oxygens (including phenoxy) is 1. The van der Waals surface area contributed by atoms with Crippen LogP contribution in [0, 0.1) is 6.92 Å². The lowest BCUT2D eigenvalue weighted by Gasteiger charge is -2.13. The van der Waals surface area contributed by atoms with Crippen LogP contribution in [0.5, 0.6) is 5.75 Å². The number of carbonyl (C=O) groups is 1. The largest absolute Gasteiger partial charge is 0.481 e. The third kappa shape index (κ3) is 4.26. The Morgan fingerprint density at radius 3 is 2.43 bits per heavy atom. The number of benzene rings is 1. The average Bonchev–Trinajstić information content (AvgIpc) is 2.90. The third-order valence-corrected chi connectivity index (χ3v) is 4.01. The van der Waals surface area contributed by atoms with Gasteiger partial charge in [-0.25, -0.2) is 0 Å². The first-order valence-electron chi connectivity index (χ1n) is 6.83. The molecule has 0 spiro atoms. The summed E-state index contributed by atoms with van der Waals surface area (Å²) in [6.07, 6.45) is -0.598. The fourth-order valence-corrected chi connectivity index (χ4v) is 2.35. The standard InChI is InChI=1S/C15H19N3O2S/c1-9(2)14-17-18-15(21-14)16-13(19)11(4)20-12-7-5-10(3)6-8-12/h5-9,11H,1-4H3,(H,16,18,19). The van der Waals surface area contributed by atoms with Crippen LogP contribution in [0.1, 0.15) is 37.3 Å². The highest BCUT2D eigenvalue weighted by atomic mass is 32.1. The molecular formula is C15H19N3O2S. The van der Waals surface area contributed by atoms with Crippen molar-refractivity contribution in [1.82, 2.24) is 10.2 Å². The lowest BCUT2D eigenvalue weighted by molar-refractivity contribution is -0.122. The van der Waals surface area contributed by atoms with E-state index >= 15 is 0 Å². The molecule has 21 heavy (non-hydrogen) atoms. The van der Waals surface area contributed by atoms with Crippen LogP contribution in [0.4, 0.5) is 5.13 Å². The number of amides is 1. The molecule has 0 saturated carbocycles. The SMILES string of the molecule is Cc1ccc(OC(C)C(=O)Nc2nnc(C(C)C)s2)cc1. The molecule has 112 valence electrons. The van der Waals surface area contributed by atoms with Gasteiger partial charge in [0, 0.05) is 5.92 Å². The summed E-state index contributed by atoms with van der Waals surface area (Å²) in [7, 11) is 0. The Morgan fingerprint density at radius 1 is 1.19 bits per heavy atom. The zero-order valence-electron chi connectivity index (χ0n) is 12.6. The molecule has 0 aliphatic carbocycles. The van der Waals surface area contributed by atoms with Crippen LogP contribution in [-0.2, 0) is 4.79 Å². The number of nitrogens with one attached hydrogen (secondary N) is 1. The first-order valence-corrected chi connectivity index (χ1v) is 7.65. The highest BCUT2D eigenvalue weighted by Crippen LogP contribution is 2.22. The van der Waals surface area contributed by atoms with Gasteiger partial charge in [-0.15, -0.1) is 10.2 Å². The van der Waals surface area contributed by atoms with Crippen LogP contribution in [0.25, 0.3) is 0 Å². The van der Waals surface area contributed by atoms with Crippen LogP contribution < -0.4 is 10.1 Å². The first-order chi connectivity index (χ1) is 9.95. The highest BCUT2D eigenvalue weighted by Gasteiger charge is 2.17. The summed E-state index contributed by atoms with van der Waals surface area (Å²) in [5, 5.41) is 12.1. The van der Waals surface area contributed by atoms with Crippen molar-refractivity contribution in [2.45, 2.75) is 39.7 Å². The molecule has 1 heterocycles. The number of aryl methyl sites for hydroxylation is 1. The number of hydrogen-bond acceptors (Lipinski definition) is 5. The maximum Gasteiger partial charge on any atom is 0.266 e. The number of carbonyl (C=O) groups excluding carboxylic acids is 1. The lowest BCUT2D eigenvalue weighted by Crippen LogP contribution is -2.30. The van der Waals surface area contributed by atoms with Gasteiger partial charge in [-0.1, -0.05) is 42.9 Å². The summed E-state index contributed by atoms with van der Waals surface area (Å²) >= 11 is 1.39. The Balaban J connectivity index is 1.94. The molecule has 1 amide bonds. The van der Waals surface area contributed by atoms with Crippen molar-refractivity contribution in [3.8, 4) is 5.75 Å². The van der Waals surface area contributed by atoms with Crippen molar-refractivity contribution < 1.29 is 9.53 Å². The van der Waals surface area contributed by atoms with E-state index in [1.165, 1.54) is 11.3 Å². The van der Waals surface area contributed by atoms with E-state index in [-0.39, 0.29) is 5.91 Å². The van der Waals surface area contributed by atoms with E-state index in [0.717, 1.165) is 10.6 Å². The van der Waals surface area contributed by atoms with Crippen LogP contribution in [0.3, 0.4) is 0 Å². The molecule has 0 aliphatic heterocycles. The summed E-state index contributed by atoms with van der Waals surface area (Å²) in [6, 6.07) is 7.58. The van der Waals surface area contributed by atoms with Gasteiger partial charge in [0.05, 0.1) is 0 Å². The van der Waals surface area contributed by atoms with E-state index in [4.69, 9.17) is 4.74 Å². The molecule has 2 rings (SSSR count). The third-order valence-electron chi connectivity index (χ3n) is 2.87. The van der Waals surface area contributed by atoms with E-state index in [1.807, 2.05) is 45.0 Å². The topological polar surface area (TPSA) is 64.1 Å². The number of nitrogens with zero attached hydrogens (tertiary/aromatic N) is 2. The summed E-state index contributed by atoms with van der Waals surface area (Å²) in [5.74, 6) is 0.736. The van der Waals surface area contributed by atoms with Crippen molar-refractivity contribution in [2.75, 3.05) is 5.32 Å². The first kappa shape index (κ1) is 15.4. The normalized spacial score (nSPS) is 12.2. The van der Waals surface area contributed by atoms with Crippen LogP contribution >= 0.6 is 11.3 Å². The molecular weight excluding hydrogens is 286 g/mol. The highest BCUT2D eigenvalue weighted by molar-refractivity contribution is 7.15. The second kappa shape index (κ2) is 6.67. The summed E-state index contributed by atoms with van der Waals surface area (Å²) in [6.45, 7) is 7.78. The molecule has 1 N–H and O–H groups in total. The molecule has 1 aromatic heterocycles. The van der Waals surface area contributed by atoms with Gasteiger partial charge in [-0.3, -0.25) is 10.1 Å². The number of aromatic nitrogens is 2. The predicted molar refractivity (Wildman–Crippen MR) is 83.9 cm³/mol. The molecule has 0 aliphatic rings. The number of anilines is 1. The molecule has 1 aromatic carbocycles. The fourth-order valence-electron chi connectivity index (χ4n) is 1.60. The van der Waals surface area contributed by atoms with E-state index in [1.54, 1.807) is 6.92 Å². The molecule has 0 bridgehead atoms. The molecule has 1 unspecified atom stereocenters. The lowest BCUT2D eigenvalue weighted by atomic mass is 10.2. The maximum absolute atomic E-state index is 12.1. The molecule has 0 fully saturated rings. The predicted octanol–water partition coefficient (Wildman–Crippen LogP) is 3.38. The van der Waals surface area contributed by atoms with Crippen LogP contribution in [0.2, 0.25) is 0 Å².